The second-order valence-corrected chi connectivity index (χ2v) is 6.12. The fourth-order valence-electron chi connectivity index (χ4n) is 3.15. The minimum Gasteiger partial charge on any atom is -0.371 e. The van der Waals surface area contributed by atoms with Gasteiger partial charge in [-0.3, -0.25) is 0 Å². The van der Waals surface area contributed by atoms with E-state index in [1.54, 1.807) is 0 Å². The van der Waals surface area contributed by atoms with Crippen LogP contribution >= 0.6 is 22.6 Å². The molecule has 2 fully saturated rings. The van der Waals surface area contributed by atoms with E-state index in [-0.39, 0.29) is 0 Å². The average molecular weight is 322 g/mol. The molecule has 88 valence electrons. The Morgan fingerprint density at radius 3 is 2.20 bits per heavy atom. The van der Waals surface area contributed by atoms with Crippen LogP contribution < -0.4 is 0 Å². The minimum atomic E-state index is 0.300. The van der Waals surface area contributed by atoms with Crippen molar-refractivity contribution in [2.45, 2.75) is 75.9 Å². The maximum absolute atomic E-state index is 6.39. The normalized spacial score (nSPS) is 32.2. The van der Waals surface area contributed by atoms with Crippen LogP contribution in [0.15, 0.2) is 0 Å². The van der Waals surface area contributed by atoms with Crippen molar-refractivity contribution in [1.29, 1.82) is 0 Å². The smallest absolute Gasteiger partial charge is 0.0686 e. The molecule has 1 saturated carbocycles. The second kappa shape index (κ2) is 5.85. The predicted octanol–water partition coefficient (Wildman–Crippen LogP) is 4.47. The van der Waals surface area contributed by atoms with E-state index in [9.17, 15) is 0 Å². The molecule has 1 heterocycles. The van der Waals surface area contributed by atoms with Gasteiger partial charge in [0.1, 0.15) is 0 Å². The van der Waals surface area contributed by atoms with Gasteiger partial charge in [0.05, 0.1) is 11.7 Å². The first kappa shape index (κ1) is 12.2. The van der Waals surface area contributed by atoms with Crippen molar-refractivity contribution in [3.05, 3.63) is 0 Å². The lowest BCUT2D eigenvalue weighted by Crippen LogP contribution is -2.41. The molecule has 1 spiro atoms. The third kappa shape index (κ3) is 3.32. The van der Waals surface area contributed by atoms with Crippen LogP contribution in [0, 0.1) is 0 Å². The van der Waals surface area contributed by atoms with Crippen molar-refractivity contribution in [2.24, 2.45) is 0 Å². The van der Waals surface area contributed by atoms with Gasteiger partial charge < -0.3 is 4.74 Å². The van der Waals surface area contributed by atoms with E-state index in [4.69, 9.17) is 4.74 Å². The van der Waals surface area contributed by atoms with E-state index in [0.717, 1.165) is 0 Å². The summed E-state index contributed by atoms with van der Waals surface area (Å²) in [5, 5.41) is 0. The zero-order valence-corrected chi connectivity index (χ0v) is 11.8. The van der Waals surface area contributed by atoms with Crippen molar-refractivity contribution in [1.82, 2.24) is 0 Å². The molecule has 0 aromatic carbocycles. The second-order valence-electron chi connectivity index (χ2n) is 5.24. The van der Waals surface area contributed by atoms with Crippen molar-refractivity contribution in [2.75, 3.05) is 4.43 Å². The van der Waals surface area contributed by atoms with Crippen LogP contribution in [0.4, 0.5) is 0 Å². The van der Waals surface area contributed by atoms with Gasteiger partial charge in [-0.1, -0.05) is 54.7 Å². The highest BCUT2D eigenvalue weighted by atomic mass is 127. The fraction of sp³-hybridized carbons (Fsp3) is 1.00. The monoisotopic (exact) mass is 322 g/mol. The Kier molecular flexibility index (Phi) is 4.74. The molecule has 0 bridgehead atoms. The van der Waals surface area contributed by atoms with Gasteiger partial charge in [-0.05, 0) is 32.1 Å². The molecule has 0 aromatic heterocycles. The largest absolute Gasteiger partial charge is 0.371 e. The maximum atomic E-state index is 6.39. The van der Waals surface area contributed by atoms with Crippen LogP contribution in [0.1, 0.15) is 64.2 Å². The summed E-state index contributed by atoms with van der Waals surface area (Å²) in [5.74, 6) is 0. The Bertz CT molecular complexity index is 185. The lowest BCUT2D eigenvalue weighted by molar-refractivity contribution is -0.130. The van der Waals surface area contributed by atoms with Crippen molar-refractivity contribution in [3.63, 3.8) is 0 Å². The zero-order chi connectivity index (χ0) is 10.6. The Morgan fingerprint density at radius 2 is 1.53 bits per heavy atom. The summed E-state index contributed by atoms with van der Waals surface area (Å²) >= 11 is 2.48. The van der Waals surface area contributed by atoms with Gasteiger partial charge in [0, 0.05) is 4.43 Å². The minimum absolute atomic E-state index is 0.300. The Balaban J connectivity index is 1.95. The summed E-state index contributed by atoms with van der Waals surface area (Å²) < 4.78 is 7.57. The van der Waals surface area contributed by atoms with Crippen LogP contribution in [0.2, 0.25) is 0 Å². The summed E-state index contributed by atoms with van der Waals surface area (Å²) in [4.78, 5) is 0. The van der Waals surface area contributed by atoms with Gasteiger partial charge in [0.25, 0.3) is 0 Å². The lowest BCUT2D eigenvalue weighted by Gasteiger charge is -2.42. The molecule has 0 radical (unpaired) electrons. The first-order valence-corrected chi connectivity index (χ1v) is 8.11. The standard InChI is InChI=1S/C13H23IO/c14-11-12-7-6-10-13(15-12)8-4-2-1-3-5-9-13/h12H,1-11H2. The molecule has 1 aliphatic heterocycles. The van der Waals surface area contributed by atoms with E-state index in [0.29, 0.717) is 11.7 Å². The molecule has 1 unspecified atom stereocenters. The summed E-state index contributed by atoms with van der Waals surface area (Å²) in [5.41, 5.74) is 0.300. The Hall–Kier alpha value is 0.690. The number of halogens is 1. The van der Waals surface area contributed by atoms with Crippen LogP contribution in [0.5, 0.6) is 0 Å². The molecule has 1 atom stereocenters. The molecule has 15 heavy (non-hydrogen) atoms. The Morgan fingerprint density at radius 1 is 0.933 bits per heavy atom. The molecular formula is C13H23IO. The summed E-state index contributed by atoms with van der Waals surface area (Å²) in [7, 11) is 0. The van der Waals surface area contributed by atoms with Crippen molar-refractivity contribution < 1.29 is 4.74 Å². The first-order valence-electron chi connectivity index (χ1n) is 6.58. The van der Waals surface area contributed by atoms with Gasteiger partial charge in [0.15, 0.2) is 0 Å². The highest BCUT2D eigenvalue weighted by Crippen LogP contribution is 2.39. The molecule has 1 aliphatic carbocycles. The molecule has 2 rings (SSSR count). The molecule has 0 N–H and O–H groups in total. The average Bonchev–Trinajstić information content (AvgIpc) is 2.25. The molecule has 2 heteroatoms. The molecular weight excluding hydrogens is 299 g/mol. The summed E-state index contributed by atoms with van der Waals surface area (Å²) in [6.45, 7) is 0. The highest BCUT2D eigenvalue weighted by Gasteiger charge is 2.36. The summed E-state index contributed by atoms with van der Waals surface area (Å²) in [6.07, 6.45) is 14.4. The third-order valence-electron chi connectivity index (χ3n) is 4.01. The van der Waals surface area contributed by atoms with Gasteiger partial charge in [0.2, 0.25) is 0 Å². The number of hydrogen-bond acceptors (Lipinski definition) is 1. The first-order chi connectivity index (χ1) is 7.35. The predicted molar refractivity (Wildman–Crippen MR) is 72.7 cm³/mol. The Labute approximate surface area is 107 Å². The van der Waals surface area contributed by atoms with E-state index >= 15 is 0 Å². The third-order valence-corrected chi connectivity index (χ3v) is 4.99. The lowest BCUT2D eigenvalue weighted by atomic mass is 9.81. The van der Waals surface area contributed by atoms with E-state index in [1.807, 2.05) is 0 Å². The molecule has 0 aromatic rings. The van der Waals surface area contributed by atoms with Gasteiger partial charge in [-0.2, -0.15) is 0 Å². The molecule has 1 saturated heterocycles. The number of rotatable bonds is 1. The topological polar surface area (TPSA) is 9.23 Å². The van der Waals surface area contributed by atoms with Crippen LogP contribution in [-0.4, -0.2) is 16.1 Å². The highest BCUT2D eigenvalue weighted by molar-refractivity contribution is 14.1. The van der Waals surface area contributed by atoms with Crippen molar-refractivity contribution >= 4 is 22.6 Å². The van der Waals surface area contributed by atoms with E-state index < -0.39 is 0 Å². The van der Waals surface area contributed by atoms with Gasteiger partial charge in [-0.15, -0.1) is 0 Å². The molecule has 1 nitrogen and oxygen atoms in total. The maximum Gasteiger partial charge on any atom is 0.0686 e. The summed E-state index contributed by atoms with van der Waals surface area (Å²) in [6, 6.07) is 0. The van der Waals surface area contributed by atoms with Crippen LogP contribution in [0.25, 0.3) is 0 Å². The van der Waals surface area contributed by atoms with Crippen LogP contribution in [-0.2, 0) is 4.74 Å². The SMILES string of the molecule is ICC1CCCC2(CCCCCCC2)O1. The molecule has 0 amide bonds. The van der Waals surface area contributed by atoms with E-state index in [2.05, 4.69) is 22.6 Å². The molecule has 2 aliphatic rings. The number of ether oxygens (including phenoxy) is 1. The quantitative estimate of drug-likeness (QED) is 0.511. The van der Waals surface area contributed by atoms with Gasteiger partial charge in [-0.25, -0.2) is 0 Å². The van der Waals surface area contributed by atoms with Crippen LogP contribution in [0.3, 0.4) is 0 Å². The number of alkyl halides is 1. The van der Waals surface area contributed by atoms with E-state index in [1.165, 1.54) is 68.6 Å². The number of hydrogen-bond donors (Lipinski definition) is 0. The van der Waals surface area contributed by atoms with Gasteiger partial charge >= 0.3 is 0 Å². The van der Waals surface area contributed by atoms with Crippen molar-refractivity contribution in [3.8, 4) is 0 Å². The zero-order valence-electron chi connectivity index (χ0n) is 9.64. The fourth-order valence-corrected chi connectivity index (χ4v) is 3.77.